The van der Waals surface area contributed by atoms with Crippen LogP contribution in [0.5, 0.6) is 0 Å². The lowest BCUT2D eigenvalue weighted by Gasteiger charge is -2.08. The number of carbonyl (C=O) groups is 3. The van der Waals surface area contributed by atoms with Crippen molar-refractivity contribution in [3.63, 3.8) is 0 Å². The van der Waals surface area contributed by atoms with Crippen LogP contribution in [0.2, 0.25) is 0 Å². The summed E-state index contributed by atoms with van der Waals surface area (Å²) in [7, 11) is 1.55. The molecule has 1 heterocycles. The number of Topliss-reactive ketones (excluding diaryl/α,β-unsaturated/α-hetero) is 1. The lowest BCUT2D eigenvalue weighted by Crippen LogP contribution is -2.23. The number of urea groups is 1. The number of ketones is 1. The van der Waals surface area contributed by atoms with Gasteiger partial charge in [0.1, 0.15) is 5.69 Å². The predicted molar refractivity (Wildman–Crippen MR) is 80.8 cm³/mol. The Morgan fingerprint density at radius 2 is 1.77 bits per heavy atom. The lowest BCUT2D eigenvalue weighted by molar-refractivity contribution is 0.0989. The molecule has 0 aliphatic rings. The highest BCUT2D eigenvalue weighted by Gasteiger charge is 2.16. The van der Waals surface area contributed by atoms with Crippen LogP contribution in [0.15, 0.2) is 30.5 Å². The van der Waals surface area contributed by atoms with Gasteiger partial charge in [0.05, 0.1) is 11.9 Å². The van der Waals surface area contributed by atoms with Gasteiger partial charge >= 0.3 is 6.03 Å². The number of aryl methyl sites for hydroxylation is 1. The van der Waals surface area contributed by atoms with Crippen LogP contribution in [-0.4, -0.2) is 27.5 Å². The second-order valence-electron chi connectivity index (χ2n) is 4.61. The third-order valence-electron chi connectivity index (χ3n) is 2.97. The van der Waals surface area contributed by atoms with Crippen LogP contribution in [0.4, 0.5) is 16.2 Å². The number of anilines is 2. The van der Waals surface area contributed by atoms with Crippen LogP contribution in [0, 0.1) is 0 Å². The molecule has 4 N–H and O–H groups in total. The Balaban J connectivity index is 2.07. The zero-order chi connectivity index (χ0) is 16.3. The summed E-state index contributed by atoms with van der Waals surface area (Å²) in [6, 6.07) is 5.88. The van der Waals surface area contributed by atoms with Crippen molar-refractivity contribution in [1.82, 2.24) is 9.78 Å². The molecule has 114 valence electrons. The van der Waals surface area contributed by atoms with E-state index in [4.69, 9.17) is 5.73 Å². The van der Waals surface area contributed by atoms with E-state index >= 15 is 0 Å². The van der Waals surface area contributed by atoms with E-state index in [0.717, 1.165) is 0 Å². The number of primary amides is 1. The fourth-order valence-corrected chi connectivity index (χ4v) is 1.89. The maximum absolute atomic E-state index is 11.9. The molecule has 0 spiro atoms. The molecule has 8 nitrogen and oxygen atoms in total. The molecule has 0 saturated heterocycles. The van der Waals surface area contributed by atoms with E-state index in [1.807, 2.05) is 0 Å². The molecule has 0 aliphatic carbocycles. The minimum absolute atomic E-state index is 0.0579. The first-order chi connectivity index (χ1) is 10.4. The smallest absolute Gasteiger partial charge is 0.323 e. The third-order valence-corrected chi connectivity index (χ3v) is 2.97. The van der Waals surface area contributed by atoms with Crippen LogP contribution in [0.25, 0.3) is 0 Å². The molecule has 0 unspecified atom stereocenters. The highest BCUT2D eigenvalue weighted by atomic mass is 16.2. The largest absolute Gasteiger partial charge is 0.364 e. The Bertz CT molecular complexity index is 733. The molecule has 0 fully saturated rings. The van der Waals surface area contributed by atoms with Crippen molar-refractivity contribution in [3.05, 3.63) is 41.7 Å². The average Bonchev–Trinajstić information content (AvgIpc) is 2.80. The number of nitrogens with zero attached hydrogens (tertiary/aromatic N) is 2. The van der Waals surface area contributed by atoms with Gasteiger partial charge in [-0.05, 0) is 31.2 Å². The van der Waals surface area contributed by atoms with Crippen LogP contribution in [0.3, 0.4) is 0 Å². The number of carbonyl (C=O) groups excluding carboxylic acids is 3. The van der Waals surface area contributed by atoms with Gasteiger partial charge in [0.15, 0.2) is 5.78 Å². The normalized spacial score (nSPS) is 10.1. The summed E-state index contributed by atoms with van der Waals surface area (Å²) in [5.41, 5.74) is 6.60. The number of benzene rings is 1. The van der Waals surface area contributed by atoms with E-state index in [0.29, 0.717) is 11.3 Å². The Labute approximate surface area is 126 Å². The maximum Gasteiger partial charge on any atom is 0.323 e. The number of rotatable bonds is 4. The second kappa shape index (κ2) is 6.08. The number of hydrogen-bond donors (Lipinski definition) is 3. The molecular weight excluding hydrogens is 286 g/mol. The molecule has 8 heteroatoms. The van der Waals surface area contributed by atoms with E-state index < -0.39 is 11.9 Å². The van der Waals surface area contributed by atoms with Crippen LogP contribution < -0.4 is 16.4 Å². The maximum atomic E-state index is 11.9. The molecular formula is C14H15N5O3. The van der Waals surface area contributed by atoms with Crippen molar-refractivity contribution in [1.29, 1.82) is 0 Å². The standard InChI is InChI=1S/C14H15N5O3/c1-8(20)9-3-5-10(6-4-9)17-14(22)18-11-7-16-19(2)12(11)13(15)21/h3-7H,1-2H3,(H2,15,21)(H2,17,18,22). The zero-order valence-corrected chi connectivity index (χ0v) is 12.1. The van der Waals surface area contributed by atoms with Gasteiger partial charge in [-0.3, -0.25) is 14.3 Å². The fourth-order valence-electron chi connectivity index (χ4n) is 1.89. The van der Waals surface area contributed by atoms with E-state index in [-0.39, 0.29) is 17.2 Å². The number of amides is 3. The summed E-state index contributed by atoms with van der Waals surface area (Å²) < 4.78 is 1.28. The fraction of sp³-hybridized carbons (Fsp3) is 0.143. The van der Waals surface area contributed by atoms with E-state index in [1.165, 1.54) is 17.8 Å². The quantitative estimate of drug-likeness (QED) is 0.739. The number of nitrogens with two attached hydrogens (primary N) is 1. The van der Waals surface area contributed by atoms with E-state index in [2.05, 4.69) is 15.7 Å². The number of aromatic nitrogens is 2. The minimum atomic E-state index is -0.693. The van der Waals surface area contributed by atoms with Gasteiger partial charge in [0.25, 0.3) is 5.91 Å². The summed E-state index contributed by atoms with van der Waals surface area (Å²) in [6.45, 7) is 1.46. The molecule has 1 aromatic carbocycles. The van der Waals surface area contributed by atoms with Gasteiger partial charge in [-0.2, -0.15) is 5.10 Å². The highest BCUT2D eigenvalue weighted by molar-refractivity contribution is 6.05. The molecule has 2 aromatic rings. The molecule has 22 heavy (non-hydrogen) atoms. The Kier molecular flexibility index (Phi) is 4.21. The van der Waals surface area contributed by atoms with Gasteiger partial charge in [0, 0.05) is 18.3 Å². The summed E-state index contributed by atoms with van der Waals surface area (Å²) in [4.78, 5) is 34.4. The first-order valence-corrected chi connectivity index (χ1v) is 6.39. The van der Waals surface area contributed by atoms with Gasteiger partial charge in [-0.1, -0.05) is 0 Å². The summed E-state index contributed by atoms with van der Waals surface area (Å²) in [5.74, 6) is -0.751. The van der Waals surface area contributed by atoms with Gasteiger partial charge in [-0.15, -0.1) is 0 Å². The molecule has 1 aromatic heterocycles. The molecule has 0 aliphatic heterocycles. The first-order valence-electron chi connectivity index (χ1n) is 6.39. The average molecular weight is 301 g/mol. The van der Waals surface area contributed by atoms with Crippen LogP contribution >= 0.6 is 0 Å². The molecule has 0 radical (unpaired) electrons. The summed E-state index contributed by atoms with van der Waals surface area (Å²) in [5, 5.41) is 8.94. The van der Waals surface area contributed by atoms with Gasteiger partial charge in [0.2, 0.25) is 0 Å². The van der Waals surface area contributed by atoms with Crippen LogP contribution in [-0.2, 0) is 7.05 Å². The monoisotopic (exact) mass is 301 g/mol. The Morgan fingerprint density at radius 1 is 1.14 bits per heavy atom. The van der Waals surface area contributed by atoms with Crippen molar-refractivity contribution in [2.75, 3.05) is 10.6 Å². The second-order valence-corrected chi connectivity index (χ2v) is 4.61. The third kappa shape index (κ3) is 3.29. The SMILES string of the molecule is CC(=O)c1ccc(NC(=O)Nc2cnn(C)c2C(N)=O)cc1. The molecule has 2 rings (SSSR count). The van der Waals surface area contributed by atoms with Crippen molar-refractivity contribution in [2.45, 2.75) is 6.92 Å². The van der Waals surface area contributed by atoms with Crippen molar-refractivity contribution < 1.29 is 14.4 Å². The zero-order valence-electron chi connectivity index (χ0n) is 12.1. The summed E-state index contributed by atoms with van der Waals surface area (Å²) >= 11 is 0. The predicted octanol–water partition coefficient (Wildman–Crippen LogP) is 1.37. The number of nitrogens with one attached hydrogen (secondary N) is 2. The molecule has 0 atom stereocenters. The molecule has 0 saturated carbocycles. The van der Waals surface area contributed by atoms with E-state index in [9.17, 15) is 14.4 Å². The van der Waals surface area contributed by atoms with Gasteiger partial charge < -0.3 is 16.4 Å². The summed E-state index contributed by atoms with van der Waals surface area (Å²) in [6.07, 6.45) is 1.33. The van der Waals surface area contributed by atoms with Crippen molar-refractivity contribution in [2.24, 2.45) is 12.8 Å². The Hall–Kier alpha value is -3.16. The molecule has 0 bridgehead atoms. The minimum Gasteiger partial charge on any atom is -0.364 e. The Morgan fingerprint density at radius 3 is 2.32 bits per heavy atom. The molecule has 3 amide bonds. The number of hydrogen-bond acceptors (Lipinski definition) is 4. The highest BCUT2D eigenvalue weighted by Crippen LogP contribution is 2.15. The van der Waals surface area contributed by atoms with Crippen molar-refractivity contribution >= 4 is 29.1 Å². The van der Waals surface area contributed by atoms with E-state index in [1.54, 1.807) is 31.3 Å². The van der Waals surface area contributed by atoms with Crippen LogP contribution in [0.1, 0.15) is 27.8 Å². The van der Waals surface area contributed by atoms with Gasteiger partial charge in [-0.25, -0.2) is 4.79 Å². The lowest BCUT2D eigenvalue weighted by atomic mass is 10.1. The topological polar surface area (TPSA) is 119 Å². The first kappa shape index (κ1) is 15.2. The van der Waals surface area contributed by atoms with Crippen molar-refractivity contribution in [3.8, 4) is 0 Å².